The summed E-state index contributed by atoms with van der Waals surface area (Å²) in [5, 5.41) is 8.87. The molecule has 3 atom stereocenters. The predicted molar refractivity (Wildman–Crippen MR) is 132 cm³/mol. The minimum atomic E-state index is -1.96. The Morgan fingerprint density at radius 1 is 1.10 bits per heavy atom. The van der Waals surface area contributed by atoms with Crippen molar-refractivity contribution < 1.29 is 19.1 Å². The molecular formula is C26H46O4Si. The van der Waals surface area contributed by atoms with Crippen LogP contribution in [0.15, 0.2) is 24.3 Å². The average molecular weight is 451 g/mol. The molecule has 1 aliphatic rings. The lowest BCUT2D eigenvalue weighted by Crippen LogP contribution is -2.45. The van der Waals surface area contributed by atoms with Crippen LogP contribution in [-0.4, -0.2) is 31.3 Å². The Morgan fingerprint density at radius 2 is 1.77 bits per heavy atom. The monoisotopic (exact) mass is 450 g/mol. The van der Waals surface area contributed by atoms with Crippen molar-refractivity contribution in [3.8, 4) is 0 Å². The van der Waals surface area contributed by atoms with Gasteiger partial charge >= 0.3 is 5.97 Å². The van der Waals surface area contributed by atoms with Gasteiger partial charge in [0, 0.05) is 24.7 Å². The summed E-state index contributed by atoms with van der Waals surface area (Å²) in [7, 11) is -1.96. The standard InChI is InChI=1S/C26H46O4Si/c1-7-8-9-10-11-15-18-22-21(17-14-12-13-16-19-25(28)29)23(27)20-24(22)30-31(5,6)26(2,3)4/h12,14-15,18,21-22,24H,7-11,13,16-17,19-20H2,1-6H3,(H,28,29)/b14-12-,18-15+/t21?,22-,24-/m1/s1. The van der Waals surface area contributed by atoms with Crippen molar-refractivity contribution in [2.75, 3.05) is 0 Å². The van der Waals surface area contributed by atoms with Gasteiger partial charge in [0.2, 0.25) is 0 Å². The first kappa shape index (κ1) is 27.8. The molecule has 5 heteroatoms. The lowest BCUT2D eigenvalue weighted by molar-refractivity contribution is -0.137. The first-order valence-corrected chi connectivity index (χ1v) is 15.1. The number of ketones is 1. The van der Waals surface area contributed by atoms with Crippen LogP contribution >= 0.6 is 0 Å². The zero-order valence-electron chi connectivity index (χ0n) is 20.8. The van der Waals surface area contributed by atoms with Gasteiger partial charge in [0.15, 0.2) is 8.32 Å². The molecule has 1 rings (SSSR count). The second kappa shape index (κ2) is 13.4. The second-order valence-electron chi connectivity index (χ2n) is 10.5. The van der Waals surface area contributed by atoms with E-state index in [1.165, 1.54) is 25.7 Å². The lowest BCUT2D eigenvalue weighted by Gasteiger charge is -2.39. The molecule has 0 spiro atoms. The van der Waals surface area contributed by atoms with Crippen molar-refractivity contribution in [1.82, 2.24) is 0 Å². The molecular weight excluding hydrogens is 404 g/mol. The zero-order valence-corrected chi connectivity index (χ0v) is 21.8. The third kappa shape index (κ3) is 9.86. The van der Waals surface area contributed by atoms with E-state index in [0.29, 0.717) is 25.0 Å². The van der Waals surface area contributed by atoms with Gasteiger partial charge in [-0.25, -0.2) is 0 Å². The Hall–Kier alpha value is -1.20. The Bertz CT molecular complexity index is 615. The van der Waals surface area contributed by atoms with Crippen LogP contribution in [0.5, 0.6) is 0 Å². The van der Waals surface area contributed by atoms with Crippen molar-refractivity contribution in [2.45, 2.75) is 116 Å². The van der Waals surface area contributed by atoms with Crippen LogP contribution in [0.3, 0.4) is 0 Å². The Morgan fingerprint density at radius 3 is 2.39 bits per heavy atom. The highest BCUT2D eigenvalue weighted by Gasteiger charge is 2.46. The van der Waals surface area contributed by atoms with Gasteiger partial charge in [0.1, 0.15) is 5.78 Å². The molecule has 4 nitrogen and oxygen atoms in total. The quantitative estimate of drug-likeness (QED) is 0.171. The lowest BCUT2D eigenvalue weighted by atomic mass is 9.90. The average Bonchev–Trinajstić information content (AvgIpc) is 2.93. The minimum Gasteiger partial charge on any atom is -0.481 e. The van der Waals surface area contributed by atoms with Crippen molar-refractivity contribution in [3.63, 3.8) is 0 Å². The zero-order chi connectivity index (χ0) is 23.5. The number of carbonyl (C=O) groups is 2. The minimum absolute atomic E-state index is 0.0225. The summed E-state index contributed by atoms with van der Waals surface area (Å²) < 4.78 is 6.72. The summed E-state index contributed by atoms with van der Waals surface area (Å²) in [5.41, 5.74) is 0. The Balaban J connectivity index is 2.82. The van der Waals surface area contributed by atoms with E-state index in [1.807, 2.05) is 6.08 Å². The predicted octanol–water partition coefficient (Wildman–Crippen LogP) is 7.31. The van der Waals surface area contributed by atoms with E-state index >= 15 is 0 Å². The molecule has 1 N–H and O–H groups in total. The summed E-state index contributed by atoms with van der Waals surface area (Å²) in [5.74, 6) is -0.345. The first-order chi connectivity index (χ1) is 14.5. The highest BCUT2D eigenvalue weighted by atomic mass is 28.4. The highest BCUT2D eigenvalue weighted by Crippen LogP contribution is 2.42. The van der Waals surface area contributed by atoms with Gasteiger partial charge in [-0.1, -0.05) is 71.3 Å². The van der Waals surface area contributed by atoms with Gasteiger partial charge in [-0.05, 0) is 50.2 Å². The molecule has 0 aromatic rings. The number of hydrogen-bond donors (Lipinski definition) is 1. The Labute approximate surface area is 191 Å². The van der Waals surface area contributed by atoms with Crippen molar-refractivity contribution in [1.29, 1.82) is 0 Å². The molecule has 0 radical (unpaired) electrons. The van der Waals surface area contributed by atoms with Crippen LogP contribution in [0.2, 0.25) is 18.1 Å². The number of rotatable bonds is 14. The number of allylic oxidation sites excluding steroid dienone is 3. The van der Waals surface area contributed by atoms with Crippen LogP contribution in [0, 0.1) is 11.8 Å². The third-order valence-electron chi connectivity index (χ3n) is 6.86. The third-order valence-corrected chi connectivity index (χ3v) is 11.4. The van der Waals surface area contributed by atoms with E-state index < -0.39 is 14.3 Å². The normalized spacial score (nSPS) is 22.8. The number of carboxylic acids is 1. The summed E-state index contributed by atoms with van der Waals surface area (Å²) in [6.45, 7) is 13.5. The Kier molecular flexibility index (Phi) is 12.0. The maximum absolute atomic E-state index is 12.9. The molecule has 1 fully saturated rings. The summed E-state index contributed by atoms with van der Waals surface area (Å²) in [4.78, 5) is 23.5. The number of unbranched alkanes of at least 4 members (excludes halogenated alkanes) is 5. The van der Waals surface area contributed by atoms with Crippen LogP contribution < -0.4 is 0 Å². The van der Waals surface area contributed by atoms with Crippen LogP contribution in [0.25, 0.3) is 0 Å². The van der Waals surface area contributed by atoms with E-state index in [-0.39, 0.29) is 29.4 Å². The molecule has 0 amide bonds. The summed E-state index contributed by atoms with van der Waals surface area (Å²) in [6, 6.07) is 0. The molecule has 1 unspecified atom stereocenters. The topological polar surface area (TPSA) is 63.6 Å². The van der Waals surface area contributed by atoms with E-state index in [1.54, 1.807) is 0 Å². The van der Waals surface area contributed by atoms with Crippen molar-refractivity contribution >= 4 is 20.1 Å². The van der Waals surface area contributed by atoms with Crippen LogP contribution in [-0.2, 0) is 14.0 Å². The number of carbonyl (C=O) groups excluding carboxylic acids is 1. The first-order valence-electron chi connectivity index (χ1n) is 12.2. The van der Waals surface area contributed by atoms with E-state index in [0.717, 1.165) is 12.8 Å². The highest BCUT2D eigenvalue weighted by molar-refractivity contribution is 6.74. The molecule has 0 aromatic carbocycles. The second-order valence-corrected chi connectivity index (χ2v) is 15.3. The van der Waals surface area contributed by atoms with E-state index in [4.69, 9.17) is 9.53 Å². The van der Waals surface area contributed by atoms with Gasteiger partial charge < -0.3 is 9.53 Å². The SMILES string of the molecule is CCCCCC/C=C/[C@@H]1C(C/C=C\CCCC(=O)O)C(=O)C[C@H]1O[Si](C)(C)C(C)(C)C. The van der Waals surface area contributed by atoms with Crippen LogP contribution in [0.1, 0.15) is 91.9 Å². The van der Waals surface area contributed by atoms with Crippen LogP contribution in [0.4, 0.5) is 0 Å². The molecule has 0 heterocycles. The smallest absolute Gasteiger partial charge is 0.303 e. The number of Topliss-reactive ketones (excluding diaryl/α,β-unsaturated/α-hetero) is 1. The van der Waals surface area contributed by atoms with Gasteiger partial charge in [0.05, 0.1) is 6.10 Å². The molecule has 0 aliphatic heterocycles. The molecule has 1 saturated carbocycles. The van der Waals surface area contributed by atoms with Gasteiger partial charge in [-0.3, -0.25) is 9.59 Å². The van der Waals surface area contributed by atoms with Crippen molar-refractivity contribution in [3.05, 3.63) is 24.3 Å². The van der Waals surface area contributed by atoms with Gasteiger partial charge in [0.25, 0.3) is 0 Å². The maximum Gasteiger partial charge on any atom is 0.303 e. The molecule has 0 saturated heterocycles. The maximum atomic E-state index is 12.9. The van der Waals surface area contributed by atoms with E-state index in [2.05, 4.69) is 59.0 Å². The molecule has 1 aliphatic carbocycles. The van der Waals surface area contributed by atoms with Gasteiger partial charge in [-0.15, -0.1) is 0 Å². The van der Waals surface area contributed by atoms with Crippen molar-refractivity contribution in [2.24, 2.45) is 11.8 Å². The van der Waals surface area contributed by atoms with E-state index in [9.17, 15) is 9.59 Å². The molecule has 178 valence electrons. The summed E-state index contributed by atoms with van der Waals surface area (Å²) in [6.07, 6.45) is 17.5. The summed E-state index contributed by atoms with van der Waals surface area (Å²) >= 11 is 0. The molecule has 0 bridgehead atoms. The fraction of sp³-hybridized carbons (Fsp3) is 0.769. The largest absolute Gasteiger partial charge is 0.481 e. The number of carboxylic acid groups (broad SMARTS) is 1. The number of aliphatic carboxylic acids is 1. The fourth-order valence-corrected chi connectivity index (χ4v) is 5.21. The molecule has 0 aromatic heterocycles. The van der Waals surface area contributed by atoms with Gasteiger partial charge in [-0.2, -0.15) is 0 Å². The molecule has 31 heavy (non-hydrogen) atoms. The fourth-order valence-electron chi connectivity index (χ4n) is 3.86. The number of hydrogen-bond acceptors (Lipinski definition) is 3.